The molecule has 1 heterocycles. The molecule has 0 aliphatic carbocycles. The van der Waals surface area contributed by atoms with Crippen molar-refractivity contribution in [2.75, 3.05) is 12.9 Å². The van der Waals surface area contributed by atoms with E-state index < -0.39 is 0 Å². The fraction of sp³-hybridized carbons (Fsp3) is 0.278. The van der Waals surface area contributed by atoms with Crippen molar-refractivity contribution >= 4 is 17.5 Å². The highest BCUT2D eigenvalue weighted by atomic mass is 32.2. The first-order valence-electron chi connectivity index (χ1n) is 7.03. The number of ketones is 1. The molecule has 0 bridgehead atoms. The van der Waals surface area contributed by atoms with Crippen LogP contribution < -0.4 is 4.74 Å². The molecule has 21 heavy (non-hydrogen) atoms. The number of methoxy groups -OCH3 is 1. The number of carbonyl (C=O) groups is 1. The molecule has 0 spiro atoms. The van der Waals surface area contributed by atoms with Gasteiger partial charge in [0.2, 0.25) is 0 Å². The van der Waals surface area contributed by atoms with E-state index in [1.165, 1.54) is 4.90 Å². The van der Waals surface area contributed by atoms with Crippen LogP contribution in [0.5, 0.6) is 5.75 Å². The van der Waals surface area contributed by atoms with Crippen LogP contribution >= 0.6 is 11.8 Å². The second-order valence-electron chi connectivity index (χ2n) is 5.42. The normalized spacial score (nSPS) is 16.6. The topological polar surface area (TPSA) is 26.3 Å². The lowest BCUT2D eigenvalue weighted by Crippen LogP contribution is -2.15. The average molecular weight is 298 g/mol. The monoisotopic (exact) mass is 298 g/mol. The molecule has 108 valence electrons. The predicted octanol–water partition coefficient (Wildman–Crippen LogP) is 4.38. The first-order valence-corrected chi connectivity index (χ1v) is 8.01. The number of carbonyl (C=O) groups excluding carboxylic acids is 1. The number of aryl methyl sites for hydroxylation is 2. The second kappa shape index (κ2) is 5.57. The number of Topliss-reactive ketones (excluding diaryl/α,β-unsaturated/α-hetero) is 1. The summed E-state index contributed by atoms with van der Waals surface area (Å²) in [5.41, 5.74) is 3.98. The Morgan fingerprint density at radius 2 is 2.00 bits per heavy atom. The maximum Gasteiger partial charge on any atom is 0.175 e. The maximum absolute atomic E-state index is 13.0. The van der Waals surface area contributed by atoms with Crippen LogP contribution in [0.4, 0.5) is 0 Å². The van der Waals surface area contributed by atoms with Gasteiger partial charge in [-0.2, -0.15) is 0 Å². The molecule has 1 aliphatic heterocycles. The molecule has 3 heteroatoms. The zero-order valence-corrected chi connectivity index (χ0v) is 13.3. The summed E-state index contributed by atoms with van der Waals surface area (Å²) in [6.07, 6.45) is 0. The fourth-order valence-corrected chi connectivity index (χ4v) is 4.19. The maximum atomic E-state index is 13.0. The summed E-state index contributed by atoms with van der Waals surface area (Å²) in [5.74, 6) is 1.60. The Balaban J connectivity index is 2.05. The molecule has 0 saturated carbocycles. The summed E-state index contributed by atoms with van der Waals surface area (Å²) < 4.78 is 5.45. The Bertz CT molecular complexity index is 706. The first kappa shape index (κ1) is 14.2. The van der Waals surface area contributed by atoms with E-state index in [1.807, 2.05) is 38.1 Å². The highest BCUT2D eigenvalue weighted by molar-refractivity contribution is 7.99. The van der Waals surface area contributed by atoms with Crippen LogP contribution in [0.25, 0.3) is 0 Å². The van der Waals surface area contributed by atoms with Crippen molar-refractivity contribution in [1.29, 1.82) is 0 Å². The molecule has 0 fully saturated rings. The molecule has 1 aliphatic rings. The predicted molar refractivity (Wildman–Crippen MR) is 86.7 cm³/mol. The quantitative estimate of drug-likeness (QED) is 0.786. The van der Waals surface area contributed by atoms with Gasteiger partial charge in [-0.25, -0.2) is 0 Å². The van der Waals surface area contributed by atoms with E-state index in [9.17, 15) is 4.79 Å². The highest BCUT2D eigenvalue weighted by Gasteiger charge is 2.32. The van der Waals surface area contributed by atoms with Crippen LogP contribution in [0, 0.1) is 13.8 Å². The first-order chi connectivity index (χ1) is 10.1. The number of thioether (sulfide) groups is 1. The lowest BCUT2D eigenvalue weighted by Gasteiger charge is -2.16. The van der Waals surface area contributed by atoms with Gasteiger partial charge in [0.05, 0.1) is 18.6 Å². The van der Waals surface area contributed by atoms with Gasteiger partial charge < -0.3 is 4.74 Å². The number of hydrogen-bond donors (Lipinski definition) is 0. The third-order valence-corrected chi connectivity index (χ3v) is 5.11. The van der Waals surface area contributed by atoms with Gasteiger partial charge in [0.1, 0.15) is 5.75 Å². The minimum atomic E-state index is -0.0680. The van der Waals surface area contributed by atoms with Gasteiger partial charge in [-0.15, -0.1) is 11.8 Å². The molecule has 0 aromatic heterocycles. The molecule has 0 radical (unpaired) electrons. The van der Waals surface area contributed by atoms with Gasteiger partial charge in [-0.1, -0.05) is 24.3 Å². The summed E-state index contributed by atoms with van der Waals surface area (Å²) >= 11 is 1.76. The number of benzene rings is 2. The zero-order chi connectivity index (χ0) is 15.0. The van der Waals surface area contributed by atoms with Crippen LogP contribution in [0.3, 0.4) is 0 Å². The van der Waals surface area contributed by atoms with Crippen molar-refractivity contribution in [2.24, 2.45) is 0 Å². The van der Waals surface area contributed by atoms with Gasteiger partial charge in [0, 0.05) is 10.6 Å². The van der Waals surface area contributed by atoms with Gasteiger partial charge in [-0.05, 0) is 42.7 Å². The average Bonchev–Trinajstić information content (AvgIpc) is 2.89. The third kappa shape index (κ3) is 2.46. The zero-order valence-electron chi connectivity index (χ0n) is 12.5. The molecular weight excluding hydrogens is 280 g/mol. The van der Waals surface area contributed by atoms with Crippen LogP contribution in [-0.4, -0.2) is 18.6 Å². The number of hydrogen-bond acceptors (Lipinski definition) is 3. The van der Waals surface area contributed by atoms with Gasteiger partial charge >= 0.3 is 0 Å². The molecule has 2 nitrogen and oxygen atoms in total. The molecule has 1 unspecified atom stereocenters. The summed E-state index contributed by atoms with van der Waals surface area (Å²) in [5, 5.41) is 0. The fourth-order valence-electron chi connectivity index (χ4n) is 2.96. The van der Waals surface area contributed by atoms with Crippen molar-refractivity contribution in [2.45, 2.75) is 24.7 Å². The number of ether oxygens (including phenoxy) is 1. The SMILES string of the molecule is COc1cc(C)cc(C)c1C(=O)C1CSc2ccccc21. The second-order valence-corrected chi connectivity index (χ2v) is 6.49. The lowest BCUT2D eigenvalue weighted by molar-refractivity contribution is 0.0964. The molecule has 2 aromatic carbocycles. The molecular formula is C18H18O2S. The summed E-state index contributed by atoms with van der Waals surface area (Å²) in [6, 6.07) is 12.2. The van der Waals surface area contributed by atoms with Crippen molar-refractivity contribution in [3.63, 3.8) is 0 Å². The van der Waals surface area contributed by atoms with E-state index in [2.05, 4.69) is 12.1 Å². The highest BCUT2D eigenvalue weighted by Crippen LogP contribution is 2.42. The van der Waals surface area contributed by atoms with Crippen LogP contribution in [0.15, 0.2) is 41.3 Å². The lowest BCUT2D eigenvalue weighted by atomic mass is 9.89. The Kier molecular flexibility index (Phi) is 3.77. The third-order valence-electron chi connectivity index (χ3n) is 3.93. The van der Waals surface area contributed by atoms with Crippen molar-refractivity contribution < 1.29 is 9.53 Å². The van der Waals surface area contributed by atoms with Crippen molar-refractivity contribution in [3.8, 4) is 5.75 Å². The largest absolute Gasteiger partial charge is 0.496 e. The number of rotatable bonds is 3. The molecule has 0 saturated heterocycles. The van der Waals surface area contributed by atoms with Crippen LogP contribution in [-0.2, 0) is 0 Å². The van der Waals surface area contributed by atoms with Gasteiger partial charge in [0.15, 0.2) is 5.78 Å². The molecule has 2 aromatic rings. The standard InChI is InChI=1S/C18H18O2S/c1-11-8-12(2)17(15(9-11)20-3)18(19)14-10-21-16-7-5-4-6-13(14)16/h4-9,14H,10H2,1-3H3. The molecule has 0 amide bonds. The Labute approximate surface area is 129 Å². The van der Waals surface area contributed by atoms with Crippen LogP contribution in [0.2, 0.25) is 0 Å². The van der Waals surface area contributed by atoms with Crippen LogP contribution in [0.1, 0.15) is 33.0 Å². The Hall–Kier alpha value is -1.74. The summed E-state index contributed by atoms with van der Waals surface area (Å²) in [4.78, 5) is 14.3. The molecule has 0 N–H and O–H groups in total. The van der Waals surface area contributed by atoms with E-state index in [0.717, 1.165) is 28.0 Å². The number of fused-ring (bicyclic) bond motifs is 1. The van der Waals surface area contributed by atoms with E-state index in [4.69, 9.17) is 4.74 Å². The van der Waals surface area contributed by atoms with E-state index >= 15 is 0 Å². The minimum Gasteiger partial charge on any atom is -0.496 e. The van der Waals surface area contributed by atoms with E-state index in [0.29, 0.717) is 5.75 Å². The smallest absolute Gasteiger partial charge is 0.175 e. The Morgan fingerprint density at radius 3 is 2.76 bits per heavy atom. The van der Waals surface area contributed by atoms with Crippen molar-refractivity contribution in [3.05, 3.63) is 58.7 Å². The Morgan fingerprint density at radius 1 is 1.24 bits per heavy atom. The summed E-state index contributed by atoms with van der Waals surface area (Å²) in [6.45, 7) is 4.00. The van der Waals surface area contributed by atoms with Gasteiger partial charge in [-0.3, -0.25) is 4.79 Å². The van der Waals surface area contributed by atoms with Crippen molar-refractivity contribution in [1.82, 2.24) is 0 Å². The van der Waals surface area contributed by atoms with Gasteiger partial charge in [0.25, 0.3) is 0 Å². The molecule has 1 atom stereocenters. The minimum absolute atomic E-state index is 0.0680. The molecule has 3 rings (SSSR count). The van der Waals surface area contributed by atoms with E-state index in [1.54, 1.807) is 18.9 Å². The van der Waals surface area contributed by atoms with E-state index in [-0.39, 0.29) is 11.7 Å². The summed E-state index contributed by atoms with van der Waals surface area (Å²) in [7, 11) is 1.63.